The van der Waals surface area contributed by atoms with E-state index in [1.54, 1.807) is 0 Å². The molecule has 0 bridgehead atoms. The van der Waals surface area contributed by atoms with Crippen LogP contribution in [0.15, 0.2) is 22.9 Å². The number of aromatic nitrogens is 1. The minimum atomic E-state index is 0.637. The predicted molar refractivity (Wildman–Crippen MR) is 69.4 cm³/mol. The van der Waals surface area contributed by atoms with Crippen molar-refractivity contribution in [2.45, 2.75) is 18.9 Å². The summed E-state index contributed by atoms with van der Waals surface area (Å²) in [5.41, 5.74) is 2.54. The van der Waals surface area contributed by atoms with Crippen molar-refractivity contribution in [3.05, 3.63) is 33.5 Å². The van der Waals surface area contributed by atoms with E-state index in [1.165, 1.54) is 12.0 Å². The molecule has 2 atom stereocenters. The summed E-state index contributed by atoms with van der Waals surface area (Å²) in [6.45, 7) is 1.15. The molecule has 1 aromatic heterocycles. The summed E-state index contributed by atoms with van der Waals surface area (Å²) in [6, 6.07) is 2.63. The lowest BCUT2D eigenvalue weighted by Gasteiger charge is -2.08. The highest BCUT2D eigenvalue weighted by Gasteiger charge is 2.31. The Balaban J connectivity index is 1.90. The van der Waals surface area contributed by atoms with Crippen LogP contribution in [0.3, 0.4) is 0 Å². The zero-order valence-electron chi connectivity index (χ0n) is 8.71. The maximum absolute atomic E-state index is 6.06. The van der Waals surface area contributed by atoms with Crippen LogP contribution in [0.2, 0.25) is 5.02 Å². The van der Waals surface area contributed by atoms with Crippen LogP contribution in [0.1, 0.15) is 18.4 Å². The lowest BCUT2D eigenvalue weighted by atomic mass is 10.1. The molecule has 1 saturated heterocycles. The maximum atomic E-state index is 6.06. The molecule has 84 valence electrons. The van der Waals surface area contributed by atoms with E-state index in [9.17, 15) is 0 Å². The Hall–Kier alpha value is -0.380. The van der Waals surface area contributed by atoms with Gasteiger partial charge in [-0.1, -0.05) is 17.7 Å². The predicted octanol–water partition coefficient (Wildman–Crippen LogP) is 3.26. The Kier molecular flexibility index (Phi) is 2.78. The summed E-state index contributed by atoms with van der Waals surface area (Å²) < 4.78 is 0.717. The Labute approximate surface area is 108 Å². The van der Waals surface area contributed by atoms with E-state index in [1.807, 2.05) is 12.3 Å². The van der Waals surface area contributed by atoms with Crippen molar-refractivity contribution >= 4 is 33.1 Å². The van der Waals surface area contributed by atoms with Crippen molar-refractivity contribution in [3.63, 3.8) is 0 Å². The summed E-state index contributed by atoms with van der Waals surface area (Å²) in [4.78, 5) is 4.24. The molecular weight excluding hydrogens is 288 g/mol. The van der Waals surface area contributed by atoms with Crippen LogP contribution >= 0.6 is 27.5 Å². The SMILES string of the molecule is Clc1cc(C2=C[C@@H]3CCN[C@@H]3C2)cnc1Br. The van der Waals surface area contributed by atoms with Gasteiger partial charge in [-0.05, 0) is 58.4 Å². The van der Waals surface area contributed by atoms with E-state index in [2.05, 4.69) is 32.3 Å². The van der Waals surface area contributed by atoms with Crippen LogP contribution in [-0.4, -0.2) is 17.6 Å². The molecular formula is C12H12BrClN2. The highest BCUT2D eigenvalue weighted by Crippen LogP contribution is 2.37. The van der Waals surface area contributed by atoms with Crippen molar-refractivity contribution < 1.29 is 0 Å². The van der Waals surface area contributed by atoms with E-state index in [4.69, 9.17) is 11.6 Å². The third-order valence-corrected chi connectivity index (χ3v) is 4.57. The molecule has 1 aromatic rings. The first-order chi connectivity index (χ1) is 7.74. The summed E-state index contributed by atoms with van der Waals surface area (Å²) in [5.74, 6) is 0.706. The molecule has 16 heavy (non-hydrogen) atoms. The van der Waals surface area contributed by atoms with E-state index in [-0.39, 0.29) is 0 Å². The minimum Gasteiger partial charge on any atom is -0.313 e. The van der Waals surface area contributed by atoms with Crippen molar-refractivity contribution in [1.82, 2.24) is 10.3 Å². The van der Waals surface area contributed by atoms with Gasteiger partial charge >= 0.3 is 0 Å². The molecule has 1 aliphatic heterocycles. The fourth-order valence-corrected chi connectivity index (χ4v) is 2.97. The van der Waals surface area contributed by atoms with Gasteiger partial charge in [0.2, 0.25) is 0 Å². The molecule has 1 aliphatic carbocycles. The summed E-state index contributed by atoms with van der Waals surface area (Å²) >= 11 is 9.37. The second-order valence-electron chi connectivity index (χ2n) is 4.41. The molecule has 4 heteroatoms. The number of halogens is 2. The first-order valence-corrected chi connectivity index (χ1v) is 6.66. The van der Waals surface area contributed by atoms with Gasteiger partial charge in [0.05, 0.1) is 5.02 Å². The van der Waals surface area contributed by atoms with Gasteiger partial charge in [0.25, 0.3) is 0 Å². The van der Waals surface area contributed by atoms with Gasteiger partial charge in [0.1, 0.15) is 4.60 Å². The molecule has 2 heterocycles. The van der Waals surface area contributed by atoms with Gasteiger partial charge in [0, 0.05) is 12.2 Å². The molecule has 1 fully saturated rings. The van der Waals surface area contributed by atoms with Gasteiger partial charge < -0.3 is 5.32 Å². The monoisotopic (exact) mass is 298 g/mol. The molecule has 0 amide bonds. The number of rotatable bonds is 1. The van der Waals surface area contributed by atoms with E-state index >= 15 is 0 Å². The Bertz CT molecular complexity index is 458. The molecule has 0 aromatic carbocycles. The number of hydrogen-bond donors (Lipinski definition) is 1. The molecule has 0 radical (unpaired) electrons. The van der Waals surface area contributed by atoms with Gasteiger partial charge in [-0.25, -0.2) is 4.98 Å². The normalized spacial score (nSPS) is 28.0. The molecule has 2 nitrogen and oxygen atoms in total. The highest BCUT2D eigenvalue weighted by atomic mass is 79.9. The number of pyridine rings is 1. The lowest BCUT2D eigenvalue weighted by molar-refractivity contribution is 0.563. The fraction of sp³-hybridized carbons (Fsp3) is 0.417. The van der Waals surface area contributed by atoms with Gasteiger partial charge in [-0.2, -0.15) is 0 Å². The van der Waals surface area contributed by atoms with Crippen molar-refractivity contribution in [2.75, 3.05) is 6.54 Å². The lowest BCUT2D eigenvalue weighted by Crippen LogP contribution is -2.22. The number of nitrogens with one attached hydrogen (secondary N) is 1. The van der Waals surface area contributed by atoms with Crippen LogP contribution in [0, 0.1) is 5.92 Å². The Morgan fingerprint density at radius 1 is 1.50 bits per heavy atom. The van der Waals surface area contributed by atoms with Crippen molar-refractivity contribution in [1.29, 1.82) is 0 Å². The number of fused-ring (bicyclic) bond motifs is 1. The minimum absolute atomic E-state index is 0.637. The third-order valence-electron chi connectivity index (χ3n) is 3.42. The second kappa shape index (κ2) is 4.13. The van der Waals surface area contributed by atoms with E-state index in [0.29, 0.717) is 17.0 Å². The fourth-order valence-electron chi connectivity index (χ4n) is 2.59. The smallest absolute Gasteiger partial charge is 0.124 e. The summed E-state index contributed by atoms with van der Waals surface area (Å²) in [7, 11) is 0. The van der Waals surface area contributed by atoms with Gasteiger partial charge in [-0.15, -0.1) is 0 Å². The summed E-state index contributed by atoms with van der Waals surface area (Å²) in [5, 5.41) is 4.21. The van der Waals surface area contributed by atoms with Crippen LogP contribution in [0.25, 0.3) is 5.57 Å². The van der Waals surface area contributed by atoms with Crippen molar-refractivity contribution in [2.24, 2.45) is 5.92 Å². The molecule has 0 saturated carbocycles. The average Bonchev–Trinajstić information content (AvgIpc) is 2.81. The second-order valence-corrected chi connectivity index (χ2v) is 5.56. The zero-order valence-corrected chi connectivity index (χ0v) is 11.1. The Morgan fingerprint density at radius 2 is 2.38 bits per heavy atom. The van der Waals surface area contributed by atoms with Crippen LogP contribution < -0.4 is 5.32 Å². The zero-order chi connectivity index (χ0) is 11.1. The van der Waals surface area contributed by atoms with Gasteiger partial charge in [0.15, 0.2) is 0 Å². The number of hydrogen-bond acceptors (Lipinski definition) is 2. The van der Waals surface area contributed by atoms with Crippen LogP contribution in [0.5, 0.6) is 0 Å². The first kappa shape index (κ1) is 10.8. The molecule has 0 unspecified atom stereocenters. The average molecular weight is 300 g/mol. The Morgan fingerprint density at radius 3 is 3.12 bits per heavy atom. The molecule has 1 N–H and O–H groups in total. The molecule has 3 rings (SSSR count). The van der Waals surface area contributed by atoms with E-state index < -0.39 is 0 Å². The van der Waals surface area contributed by atoms with Crippen molar-refractivity contribution in [3.8, 4) is 0 Å². The molecule has 2 aliphatic rings. The number of nitrogens with zero attached hydrogens (tertiary/aromatic N) is 1. The molecule has 0 spiro atoms. The first-order valence-electron chi connectivity index (χ1n) is 5.49. The standard InChI is InChI=1S/C12H12BrClN2/c13-12-10(14)4-9(6-16-12)8-3-7-1-2-15-11(7)5-8/h3-4,6-7,11,15H,1-2,5H2/t7-,11+/m0/s1. The maximum Gasteiger partial charge on any atom is 0.124 e. The topological polar surface area (TPSA) is 24.9 Å². The van der Waals surface area contributed by atoms with Crippen LogP contribution in [-0.2, 0) is 0 Å². The van der Waals surface area contributed by atoms with Crippen LogP contribution in [0.4, 0.5) is 0 Å². The highest BCUT2D eigenvalue weighted by molar-refractivity contribution is 9.10. The van der Waals surface area contributed by atoms with E-state index in [0.717, 1.165) is 23.1 Å². The van der Waals surface area contributed by atoms with Gasteiger partial charge in [-0.3, -0.25) is 0 Å². The largest absolute Gasteiger partial charge is 0.313 e. The quantitative estimate of drug-likeness (QED) is 0.805. The summed E-state index contributed by atoms with van der Waals surface area (Å²) in [6.07, 6.45) is 6.63. The third kappa shape index (κ3) is 1.81.